The normalized spacial score (nSPS) is 46.8. The Kier molecular flexibility index (Phi) is 0.949. The van der Waals surface area contributed by atoms with Crippen molar-refractivity contribution in [2.24, 2.45) is 11.3 Å². The van der Waals surface area contributed by atoms with Crippen LogP contribution in [-0.2, 0) is 4.74 Å². The molecule has 10 heavy (non-hydrogen) atoms. The summed E-state index contributed by atoms with van der Waals surface area (Å²) in [6.07, 6.45) is 1.93. The Balaban J connectivity index is 1.96. The van der Waals surface area contributed by atoms with Gasteiger partial charge in [-0.05, 0) is 31.6 Å². The largest absolute Gasteiger partial charge is 0.366 e. The molecule has 1 saturated heterocycles. The highest BCUT2D eigenvalue weighted by atomic mass is 16.6. The van der Waals surface area contributed by atoms with Crippen molar-refractivity contribution in [2.75, 3.05) is 0 Å². The molecule has 1 aliphatic carbocycles. The molecular formula is C9H16O. The molecule has 2 fully saturated rings. The molecule has 0 aromatic rings. The van der Waals surface area contributed by atoms with Crippen LogP contribution in [0, 0.1) is 11.3 Å². The van der Waals surface area contributed by atoms with Crippen LogP contribution in [0.3, 0.4) is 0 Å². The lowest BCUT2D eigenvalue weighted by Crippen LogP contribution is -2.07. The molecule has 2 unspecified atom stereocenters. The standard InChI is InChI=1S/C9H16O/c1-8(2)5-6(8)7-9(3,4)10-7/h6-7H,5H2,1-4H3. The maximum Gasteiger partial charge on any atom is 0.0901 e. The molecule has 2 atom stereocenters. The number of epoxide rings is 1. The van der Waals surface area contributed by atoms with Crippen molar-refractivity contribution in [3.05, 3.63) is 0 Å². The molecule has 58 valence electrons. The number of ether oxygens (including phenoxy) is 1. The summed E-state index contributed by atoms with van der Waals surface area (Å²) < 4.78 is 5.56. The van der Waals surface area contributed by atoms with E-state index in [1.54, 1.807) is 0 Å². The first-order chi connectivity index (χ1) is 4.43. The first kappa shape index (κ1) is 6.66. The summed E-state index contributed by atoms with van der Waals surface area (Å²) in [5, 5.41) is 0. The van der Waals surface area contributed by atoms with E-state index in [0.717, 1.165) is 5.92 Å². The minimum atomic E-state index is 0.207. The molecule has 1 heterocycles. The van der Waals surface area contributed by atoms with Gasteiger partial charge < -0.3 is 4.74 Å². The monoisotopic (exact) mass is 140 g/mol. The smallest absolute Gasteiger partial charge is 0.0901 e. The van der Waals surface area contributed by atoms with E-state index in [2.05, 4.69) is 27.7 Å². The quantitative estimate of drug-likeness (QED) is 0.509. The van der Waals surface area contributed by atoms with Crippen molar-refractivity contribution in [1.82, 2.24) is 0 Å². The number of hydrogen-bond acceptors (Lipinski definition) is 1. The van der Waals surface area contributed by atoms with Gasteiger partial charge in [0.25, 0.3) is 0 Å². The minimum Gasteiger partial charge on any atom is -0.366 e. The van der Waals surface area contributed by atoms with E-state index >= 15 is 0 Å². The Hall–Kier alpha value is -0.0400. The van der Waals surface area contributed by atoms with Gasteiger partial charge in [-0.2, -0.15) is 0 Å². The molecule has 2 aliphatic rings. The van der Waals surface area contributed by atoms with E-state index in [1.807, 2.05) is 0 Å². The van der Waals surface area contributed by atoms with E-state index in [9.17, 15) is 0 Å². The van der Waals surface area contributed by atoms with Gasteiger partial charge in [-0.25, -0.2) is 0 Å². The molecule has 1 saturated carbocycles. The van der Waals surface area contributed by atoms with Gasteiger partial charge in [-0.15, -0.1) is 0 Å². The van der Waals surface area contributed by atoms with Gasteiger partial charge in [0.1, 0.15) is 0 Å². The van der Waals surface area contributed by atoms with Crippen LogP contribution in [0.25, 0.3) is 0 Å². The van der Waals surface area contributed by atoms with E-state index in [-0.39, 0.29) is 5.60 Å². The van der Waals surface area contributed by atoms with E-state index in [4.69, 9.17) is 4.74 Å². The molecular weight excluding hydrogens is 124 g/mol. The summed E-state index contributed by atoms with van der Waals surface area (Å²) in [4.78, 5) is 0. The van der Waals surface area contributed by atoms with Gasteiger partial charge in [0.15, 0.2) is 0 Å². The highest BCUT2D eigenvalue weighted by molar-refractivity contribution is 5.11. The first-order valence-corrected chi connectivity index (χ1v) is 4.11. The molecule has 0 aromatic heterocycles. The van der Waals surface area contributed by atoms with Crippen molar-refractivity contribution in [3.63, 3.8) is 0 Å². The summed E-state index contributed by atoms with van der Waals surface area (Å²) in [7, 11) is 0. The van der Waals surface area contributed by atoms with Gasteiger partial charge >= 0.3 is 0 Å². The predicted octanol–water partition coefficient (Wildman–Crippen LogP) is 2.21. The van der Waals surface area contributed by atoms with Gasteiger partial charge in [-0.1, -0.05) is 13.8 Å². The summed E-state index contributed by atoms with van der Waals surface area (Å²) in [6, 6.07) is 0. The second-order valence-electron chi connectivity index (χ2n) is 4.94. The topological polar surface area (TPSA) is 12.5 Å². The van der Waals surface area contributed by atoms with Gasteiger partial charge in [0, 0.05) is 0 Å². The van der Waals surface area contributed by atoms with E-state index in [0.29, 0.717) is 11.5 Å². The molecule has 0 amide bonds. The van der Waals surface area contributed by atoms with Gasteiger partial charge in [0.2, 0.25) is 0 Å². The third-order valence-corrected chi connectivity index (χ3v) is 3.01. The maximum atomic E-state index is 5.56. The molecule has 1 heteroatoms. The molecule has 1 nitrogen and oxygen atoms in total. The maximum absolute atomic E-state index is 5.56. The Morgan fingerprint density at radius 2 is 1.60 bits per heavy atom. The van der Waals surface area contributed by atoms with Crippen LogP contribution in [0.5, 0.6) is 0 Å². The lowest BCUT2D eigenvalue weighted by Gasteiger charge is -1.99. The average molecular weight is 140 g/mol. The summed E-state index contributed by atoms with van der Waals surface area (Å²) in [5.41, 5.74) is 0.789. The molecule has 0 N–H and O–H groups in total. The fraction of sp³-hybridized carbons (Fsp3) is 1.00. The lowest BCUT2D eigenvalue weighted by atomic mass is 10.0. The van der Waals surface area contributed by atoms with Crippen molar-refractivity contribution < 1.29 is 4.74 Å². The Labute approximate surface area is 62.8 Å². The Morgan fingerprint density at radius 1 is 1.20 bits per heavy atom. The minimum absolute atomic E-state index is 0.207. The fourth-order valence-electron chi connectivity index (χ4n) is 1.88. The van der Waals surface area contributed by atoms with Crippen molar-refractivity contribution >= 4 is 0 Å². The zero-order chi connectivity index (χ0) is 7.57. The molecule has 0 aromatic carbocycles. The van der Waals surface area contributed by atoms with Gasteiger partial charge in [-0.3, -0.25) is 0 Å². The van der Waals surface area contributed by atoms with Crippen LogP contribution in [0.15, 0.2) is 0 Å². The van der Waals surface area contributed by atoms with Crippen LogP contribution < -0.4 is 0 Å². The highest BCUT2D eigenvalue weighted by Crippen LogP contribution is 2.61. The molecule has 0 spiro atoms. The number of hydrogen-bond donors (Lipinski definition) is 0. The van der Waals surface area contributed by atoms with Crippen LogP contribution in [-0.4, -0.2) is 11.7 Å². The van der Waals surface area contributed by atoms with E-state index < -0.39 is 0 Å². The average Bonchev–Trinajstić information content (AvgIpc) is 2.49. The third kappa shape index (κ3) is 0.800. The summed E-state index contributed by atoms with van der Waals surface area (Å²) >= 11 is 0. The van der Waals surface area contributed by atoms with Gasteiger partial charge in [0.05, 0.1) is 11.7 Å². The van der Waals surface area contributed by atoms with E-state index in [1.165, 1.54) is 6.42 Å². The number of rotatable bonds is 1. The zero-order valence-electron chi connectivity index (χ0n) is 7.27. The second-order valence-corrected chi connectivity index (χ2v) is 4.94. The van der Waals surface area contributed by atoms with Crippen molar-refractivity contribution in [3.8, 4) is 0 Å². The second kappa shape index (κ2) is 1.42. The highest BCUT2D eigenvalue weighted by Gasteiger charge is 2.63. The Bertz CT molecular complexity index is 150. The first-order valence-electron chi connectivity index (χ1n) is 4.11. The molecule has 0 bridgehead atoms. The zero-order valence-corrected chi connectivity index (χ0v) is 7.27. The van der Waals surface area contributed by atoms with Crippen molar-refractivity contribution in [1.29, 1.82) is 0 Å². The van der Waals surface area contributed by atoms with Crippen LogP contribution in [0.4, 0.5) is 0 Å². The predicted molar refractivity (Wildman–Crippen MR) is 40.8 cm³/mol. The fourth-order valence-corrected chi connectivity index (χ4v) is 1.88. The molecule has 1 aliphatic heterocycles. The van der Waals surface area contributed by atoms with Crippen molar-refractivity contribution in [2.45, 2.75) is 45.8 Å². The summed E-state index contributed by atoms with van der Waals surface area (Å²) in [5.74, 6) is 0.850. The molecule has 2 rings (SSSR count). The van der Waals surface area contributed by atoms with Crippen LogP contribution >= 0.6 is 0 Å². The Morgan fingerprint density at radius 3 is 1.70 bits per heavy atom. The third-order valence-electron chi connectivity index (χ3n) is 3.01. The van der Waals surface area contributed by atoms with Crippen LogP contribution in [0.1, 0.15) is 34.1 Å². The summed E-state index contributed by atoms with van der Waals surface area (Å²) in [6.45, 7) is 9.03. The molecule has 0 radical (unpaired) electrons. The van der Waals surface area contributed by atoms with Crippen LogP contribution in [0.2, 0.25) is 0 Å². The lowest BCUT2D eigenvalue weighted by molar-refractivity contribution is 0.308. The SMILES string of the molecule is CC1(C)CC1C1OC1(C)C.